The van der Waals surface area contributed by atoms with E-state index >= 15 is 0 Å². The van der Waals surface area contributed by atoms with E-state index in [-0.39, 0.29) is 0 Å². The molecule has 1 fully saturated rings. The van der Waals surface area contributed by atoms with Crippen LogP contribution in [0, 0.1) is 31.6 Å². The van der Waals surface area contributed by atoms with E-state index in [1.807, 2.05) is 0 Å². The van der Waals surface area contributed by atoms with Crippen molar-refractivity contribution in [3.8, 4) is 0 Å². The van der Waals surface area contributed by atoms with Crippen molar-refractivity contribution in [2.45, 2.75) is 59.9 Å². The van der Waals surface area contributed by atoms with Crippen LogP contribution in [0.3, 0.4) is 0 Å². The van der Waals surface area contributed by atoms with Gasteiger partial charge < -0.3 is 5.43 Å². The summed E-state index contributed by atoms with van der Waals surface area (Å²) in [6.45, 7) is 11.5. The zero-order chi connectivity index (χ0) is 13.3. The molecule has 0 spiro atoms. The van der Waals surface area contributed by atoms with Gasteiger partial charge in [0.25, 0.3) is 0 Å². The molecule has 0 bridgehead atoms. The van der Waals surface area contributed by atoms with Crippen molar-refractivity contribution in [2.75, 3.05) is 5.43 Å². The molecule has 1 heterocycles. The Kier molecular flexibility index (Phi) is 4.04. The Balaban J connectivity index is 2.14. The van der Waals surface area contributed by atoms with Gasteiger partial charge in [-0.1, -0.05) is 27.2 Å². The summed E-state index contributed by atoms with van der Waals surface area (Å²) in [5, 5.41) is 0. The zero-order valence-electron chi connectivity index (χ0n) is 12.5. The predicted octanol–water partition coefficient (Wildman–Crippen LogP) is 4.11. The van der Waals surface area contributed by atoms with Gasteiger partial charge in [-0.2, -0.15) is 0 Å². The van der Waals surface area contributed by atoms with Crippen LogP contribution < -0.4 is 5.43 Å². The molecule has 1 saturated carbocycles. The summed E-state index contributed by atoms with van der Waals surface area (Å²) in [5.74, 6) is 2.43. The summed E-state index contributed by atoms with van der Waals surface area (Å²) in [6, 6.07) is 5.01. The Labute approximate surface area is 112 Å². The highest BCUT2D eigenvalue weighted by atomic mass is 15.4. The number of hydrogen-bond donors (Lipinski definition) is 1. The van der Waals surface area contributed by atoms with Gasteiger partial charge in [-0.3, -0.25) is 4.68 Å². The maximum atomic E-state index is 3.78. The first-order valence-corrected chi connectivity index (χ1v) is 7.40. The third kappa shape index (κ3) is 2.73. The minimum Gasteiger partial charge on any atom is -0.323 e. The largest absolute Gasteiger partial charge is 0.323 e. The molecular formula is C16H28N2. The first kappa shape index (κ1) is 13.5. The van der Waals surface area contributed by atoms with Crippen molar-refractivity contribution >= 4 is 0 Å². The molecule has 1 aromatic rings. The van der Waals surface area contributed by atoms with Crippen molar-refractivity contribution in [1.82, 2.24) is 4.68 Å². The lowest BCUT2D eigenvalue weighted by atomic mass is 9.74. The van der Waals surface area contributed by atoms with Crippen LogP contribution in [0.5, 0.6) is 0 Å². The Morgan fingerprint density at radius 1 is 1.17 bits per heavy atom. The molecule has 102 valence electrons. The molecule has 0 saturated heterocycles. The third-order valence-electron chi connectivity index (χ3n) is 4.59. The molecule has 3 unspecified atom stereocenters. The van der Waals surface area contributed by atoms with Gasteiger partial charge in [-0.15, -0.1) is 0 Å². The summed E-state index contributed by atoms with van der Waals surface area (Å²) in [5.41, 5.74) is 6.40. The van der Waals surface area contributed by atoms with Crippen LogP contribution in [0.2, 0.25) is 0 Å². The molecule has 0 radical (unpaired) electrons. The monoisotopic (exact) mass is 248 g/mol. The van der Waals surface area contributed by atoms with Gasteiger partial charge in [0, 0.05) is 17.4 Å². The number of hydrogen-bond acceptors (Lipinski definition) is 1. The van der Waals surface area contributed by atoms with E-state index in [2.05, 4.69) is 56.9 Å². The normalized spacial score (nSPS) is 28.7. The number of aryl methyl sites for hydroxylation is 2. The van der Waals surface area contributed by atoms with Crippen LogP contribution in [0.25, 0.3) is 0 Å². The highest BCUT2D eigenvalue weighted by molar-refractivity contribution is 5.16. The van der Waals surface area contributed by atoms with E-state index in [0.717, 1.165) is 17.8 Å². The van der Waals surface area contributed by atoms with Gasteiger partial charge in [0.2, 0.25) is 0 Å². The minimum absolute atomic E-state index is 0.624. The lowest BCUT2D eigenvalue weighted by Gasteiger charge is -2.39. The van der Waals surface area contributed by atoms with Gasteiger partial charge >= 0.3 is 0 Å². The molecule has 2 nitrogen and oxygen atoms in total. The van der Waals surface area contributed by atoms with Crippen molar-refractivity contribution in [3.05, 3.63) is 23.5 Å². The number of rotatable bonds is 3. The molecule has 2 heteroatoms. The third-order valence-corrected chi connectivity index (χ3v) is 4.59. The molecule has 1 aliphatic carbocycles. The Hall–Kier alpha value is -0.920. The molecule has 18 heavy (non-hydrogen) atoms. The topological polar surface area (TPSA) is 17.0 Å². The number of aromatic nitrogens is 1. The van der Waals surface area contributed by atoms with Crippen LogP contribution >= 0.6 is 0 Å². The second-order valence-corrected chi connectivity index (χ2v) is 6.51. The maximum Gasteiger partial charge on any atom is 0.0457 e. The van der Waals surface area contributed by atoms with Crippen LogP contribution in [-0.4, -0.2) is 10.7 Å². The summed E-state index contributed by atoms with van der Waals surface area (Å²) in [6.07, 6.45) is 4.07. The maximum absolute atomic E-state index is 3.78. The molecule has 2 rings (SSSR count). The van der Waals surface area contributed by atoms with Crippen molar-refractivity contribution < 1.29 is 0 Å². The lowest BCUT2D eigenvalue weighted by Crippen LogP contribution is -2.42. The van der Waals surface area contributed by atoms with Crippen LogP contribution in [-0.2, 0) is 0 Å². The van der Waals surface area contributed by atoms with E-state index in [9.17, 15) is 0 Å². The van der Waals surface area contributed by atoms with Crippen LogP contribution in [0.15, 0.2) is 12.1 Å². The van der Waals surface area contributed by atoms with Crippen molar-refractivity contribution in [1.29, 1.82) is 0 Å². The average molecular weight is 248 g/mol. The molecule has 0 amide bonds. The smallest absolute Gasteiger partial charge is 0.0457 e. The predicted molar refractivity (Wildman–Crippen MR) is 78.4 cm³/mol. The highest BCUT2D eigenvalue weighted by Crippen LogP contribution is 2.34. The lowest BCUT2D eigenvalue weighted by molar-refractivity contribution is 0.202. The van der Waals surface area contributed by atoms with Gasteiger partial charge in [0.15, 0.2) is 0 Å². The molecular weight excluding hydrogens is 220 g/mol. The van der Waals surface area contributed by atoms with Gasteiger partial charge in [-0.05, 0) is 56.6 Å². The summed E-state index contributed by atoms with van der Waals surface area (Å²) >= 11 is 0. The molecule has 1 aromatic heterocycles. The fraction of sp³-hybridized carbons (Fsp3) is 0.750. The van der Waals surface area contributed by atoms with Crippen LogP contribution in [0.1, 0.15) is 51.4 Å². The molecule has 1 aliphatic rings. The SMILES string of the molecule is Cc1ccc(C)n1NC1CC(C)CCC1C(C)C. The van der Waals surface area contributed by atoms with Crippen molar-refractivity contribution in [3.63, 3.8) is 0 Å². The fourth-order valence-corrected chi connectivity index (χ4v) is 3.39. The second kappa shape index (κ2) is 5.38. The standard InChI is InChI=1S/C16H28N2/c1-11(2)15-9-6-12(3)10-16(15)17-18-13(4)7-8-14(18)5/h7-8,11-12,15-17H,6,9-10H2,1-5H3. The van der Waals surface area contributed by atoms with Gasteiger partial charge in [-0.25, -0.2) is 0 Å². The summed E-state index contributed by atoms with van der Waals surface area (Å²) in [4.78, 5) is 0. The number of nitrogens with zero attached hydrogens (tertiary/aromatic N) is 1. The summed E-state index contributed by atoms with van der Waals surface area (Å²) < 4.78 is 2.28. The zero-order valence-corrected chi connectivity index (χ0v) is 12.5. The van der Waals surface area contributed by atoms with E-state index in [0.29, 0.717) is 6.04 Å². The Morgan fingerprint density at radius 2 is 1.78 bits per heavy atom. The van der Waals surface area contributed by atoms with E-state index < -0.39 is 0 Å². The second-order valence-electron chi connectivity index (χ2n) is 6.51. The summed E-state index contributed by atoms with van der Waals surface area (Å²) in [7, 11) is 0. The molecule has 0 aromatic carbocycles. The van der Waals surface area contributed by atoms with E-state index in [1.54, 1.807) is 0 Å². The quantitative estimate of drug-likeness (QED) is 0.852. The molecule has 3 atom stereocenters. The average Bonchev–Trinajstić information content (AvgIpc) is 2.60. The Morgan fingerprint density at radius 3 is 2.33 bits per heavy atom. The highest BCUT2D eigenvalue weighted by Gasteiger charge is 2.31. The van der Waals surface area contributed by atoms with Gasteiger partial charge in [0.05, 0.1) is 0 Å². The van der Waals surface area contributed by atoms with Crippen molar-refractivity contribution in [2.24, 2.45) is 17.8 Å². The molecule has 1 N–H and O–H groups in total. The van der Waals surface area contributed by atoms with Gasteiger partial charge in [0.1, 0.15) is 0 Å². The first-order valence-electron chi connectivity index (χ1n) is 7.40. The number of nitrogens with one attached hydrogen (secondary N) is 1. The van der Waals surface area contributed by atoms with Crippen LogP contribution in [0.4, 0.5) is 0 Å². The molecule has 0 aliphatic heterocycles. The first-order chi connectivity index (χ1) is 8.49. The van der Waals surface area contributed by atoms with E-state index in [4.69, 9.17) is 0 Å². The fourth-order valence-electron chi connectivity index (χ4n) is 3.39. The van der Waals surface area contributed by atoms with E-state index in [1.165, 1.54) is 30.7 Å². The minimum atomic E-state index is 0.624. The Bertz CT molecular complexity index is 372.